The third-order valence-corrected chi connectivity index (χ3v) is 4.90. The SMILES string of the molecule is CC(C)C[C@@H](C(=O)O)N(CC(=O)NCc1ccccc1)C(=O)[C@@H](N)Cc1ccccc1. The number of nitrogens with zero attached hydrogens (tertiary/aromatic N) is 1. The van der Waals surface area contributed by atoms with E-state index in [1.165, 1.54) is 0 Å². The molecule has 2 atom stereocenters. The van der Waals surface area contributed by atoms with Gasteiger partial charge in [-0.1, -0.05) is 74.5 Å². The molecule has 0 fully saturated rings. The van der Waals surface area contributed by atoms with Crippen molar-refractivity contribution in [3.63, 3.8) is 0 Å². The number of hydrogen-bond acceptors (Lipinski definition) is 4. The maximum Gasteiger partial charge on any atom is 0.326 e. The number of carboxylic acids is 1. The molecule has 2 rings (SSSR count). The zero-order valence-electron chi connectivity index (χ0n) is 18.0. The summed E-state index contributed by atoms with van der Waals surface area (Å²) in [4.78, 5) is 38.8. The van der Waals surface area contributed by atoms with E-state index < -0.39 is 29.9 Å². The summed E-state index contributed by atoms with van der Waals surface area (Å²) in [6.07, 6.45) is 0.487. The van der Waals surface area contributed by atoms with Gasteiger partial charge in [-0.25, -0.2) is 4.79 Å². The predicted octanol–water partition coefficient (Wildman–Crippen LogP) is 2.20. The lowest BCUT2D eigenvalue weighted by Crippen LogP contribution is -2.55. The second-order valence-electron chi connectivity index (χ2n) is 8.01. The van der Waals surface area contributed by atoms with Crippen LogP contribution in [-0.2, 0) is 27.3 Å². The Morgan fingerprint density at radius 1 is 0.968 bits per heavy atom. The lowest BCUT2D eigenvalue weighted by Gasteiger charge is -2.31. The lowest BCUT2D eigenvalue weighted by atomic mass is 10.00. The Balaban J connectivity index is 2.15. The van der Waals surface area contributed by atoms with Gasteiger partial charge in [0.2, 0.25) is 11.8 Å². The number of benzene rings is 2. The maximum atomic E-state index is 13.1. The van der Waals surface area contributed by atoms with Gasteiger partial charge in [0.1, 0.15) is 12.6 Å². The van der Waals surface area contributed by atoms with Crippen molar-refractivity contribution in [3.8, 4) is 0 Å². The number of carboxylic acid groups (broad SMARTS) is 1. The van der Waals surface area contributed by atoms with Crippen molar-refractivity contribution in [2.45, 2.75) is 45.3 Å². The van der Waals surface area contributed by atoms with Crippen LogP contribution in [0.1, 0.15) is 31.4 Å². The van der Waals surface area contributed by atoms with Crippen molar-refractivity contribution >= 4 is 17.8 Å². The molecule has 2 aromatic rings. The van der Waals surface area contributed by atoms with Crippen LogP contribution in [0, 0.1) is 5.92 Å². The first-order valence-electron chi connectivity index (χ1n) is 10.4. The van der Waals surface area contributed by atoms with Crippen LogP contribution in [0.5, 0.6) is 0 Å². The summed E-state index contributed by atoms with van der Waals surface area (Å²) in [6.45, 7) is 3.67. The smallest absolute Gasteiger partial charge is 0.326 e. The van der Waals surface area contributed by atoms with Crippen LogP contribution in [0.4, 0.5) is 0 Å². The molecule has 0 aliphatic carbocycles. The molecule has 2 aromatic carbocycles. The molecular weight excluding hydrogens is 394 g/mol. The van der Waals surface area contributed by atoms with Crippen molar-refractivity contribution in [2.75, 3.05) is 6.54 Å². The summed E-state index contributed by atoms with van der Waals surface area (Å²) < 4.78 is 0. The fourth-order valence-corrected chi connectivity index (χ4v) is 3.33. The molecule has 0 aliphatic heterocycles. The van der Waals surface area contributed by atoms with Crippen molar-refractivity contribution < 1.29 is 19.5 Å². The molecule has 0 unspecified atom stereocenters. The maximum absolute atomic E-state index is 13.1. The third-order valence-electron chi connectivity index (χ3n) is 4.90. The van der Waals surface area contributed by atoms with E-state index in [4.69, 9.17) is 5.73 Å². The minimum absolute atomic E-state index is 0.0223. The zero-order chi connectivity index (χ0) is 22.8. The molecule has 0 saturated carbocycles. The van der Waals surface area contributed by atoms with Gasteiger partial charge in [-0.05, 0) is 29.9 Å². The van der Waals surface area contributed by atoms with Gasteiger partial charge in [-0.3, -0.25) is 9.59 Å². The second-order valence-corrected chi connectivity index (χ2v) is 8.01. The van der Waals surface area contributed by atoms with Crippen LogP contribution in [0.15, 0.2) is 60.7 Å². The average Bonchev–Trinajstić information content (AvgIpc) is 2.75. The molecule has 0 aliphatic rings. The number of amides is 2. The van der Waals surface area contributed by atoms with Crippen LogP contribution in [0.25, 0.3) is 0 Å². The quantitative estimate of drug-likeness (QED) is 0.511. The van der Waals surface area contributed by atoms with Crippen LogP contribution in [0.3, 0.4) is 0 Å². The Bertz CT molecular complexity index is 856. The fraction of sp³-hybridized carbons (Fsp3) is 0.375. The summed E-state index contributed by atoms with van der Waals surface area (Å²) >= 11 is 0. The standard InChI is InChI=1S/C24H31N3O4/c1-17(2)13-21(24(30)31)27(16-22(28)26-15-19-11-7-4-8-12-19)23(29)20(25)14-18-9-5-3-6-10-18/h3-12,17,20-21H,13-16,25H2,1-2H3,(H,26,28)(H,30,31)/t20-,21-/m0/s1. The van der Waals surface area contributed by atoms with Gasteiger partial charge in [0.05, 0.1) is 6.04 Å². The number of carbonyl (C=O) groups is 3. The highest BCUT2D eigenvalue weighted by Gasteiger charge is 2.34. The van der Waals surface area contributed by atoms with E-state index >= 15 is 0 Å². The van der Waals surface area contributed by atoms with E-state index in [9.17, 15) is 19.5 Å². The Morgan fingerprint density at radius 3 is 2.03 bits per heavy atom. The highest BCUT2D eigenvalue weighted by molar-refractivity contribution is 5.91. The lowest BCUT2D eigenvalue weighted by molar-refractivity contribution is -0.152. The molecule has 0 radical (unpaired) electrons. The molecule has 0 aromatic heterocycles. The molecule has 4 N–H and O–H groups in total. The fourth-order valence-electron chi connectivity index (χ4n) is 3.33. The number of rotatable bonds is 11. The Labute approximate surface area is 183 Å². The topological polar surface area (TPSA) is 113 Å². The van der Waals surface area contributed by atoms with Gasteiger partial charge in [0, 0.05) is 6.54 Å². The monoisotopic (exact) mass is 425 g/mol. The Morgan fingerprint density at radius 2 is 1.52 bits per heavy atom. The van der Waals surface area contributed by atoms with Gasteiger partial charge >= 0.3 is 5.97 Å². The molecule has 2 amide bonds. The molecule has 166 valence electrons. The van der Waals surface area contributed by atoms with Crippen LogP contribution >= 0.6 is 0 Å². The van der Waals surface area contributed by atoms with Crippen LogP contribution in [-0.4, -0.2) is 46.4 Å². The summed E-state index contributed by atoms with van der Waals surface area (Å²) in [7, 11) is 0. The first-order chi connectivity index (χ1) is 14.8. The molecule has 31 heavy (non-hydrogen) atoms. The van der Waals surface area contributed by atoms with Crippen molar-refractivity contribution in [1.29, 1.82) is 0 Å². The Kier molecular flexibility index (Phi) is 9.21. The summed E-state index contributed by atoms with van der Waals surface area (Å²) in [6, 6.07) is 16.5. The second kappa shape index (κ2) is 11.9. The van der Waals surface area contributed by atoms with E-state index in [2.05, 4.69) is 5.32 Å². The van der Waals surface area contributed by atoms with E-state index in [0.717, 1.165) is 16.0 Å². The summed E-state index contributed by atoms with van der Waals surface area (Å²) in [5, 5.41) is 12.5. The number of hydrogen-bond donors (Lipinski definition) is 3. The molecule has 7 heteroatoms. The largest absolute Gasteiger partial charge is 0.480 e. The zero-order valence-corrected chi connectivity index (χ0v) is 18.0. The third kappa shape index (κ3) is 7.86. The molecule has 0 spiro atoms. The number of aliphatic carboxylic acids is 1. The Hall–Kier alpha value is -3.19. The van der Waals surface area contributed by atoms with Crippen LogP contribution in [0.2, 0.25) is 0 Å². The van der Waals surface area contributed by atoms with Gasteiger partial charge in [0.15, 0.2) is 0 Å². The summed E-state index contributed by atoms with van der Waals surface area (Å²) in [5.41, 5.74) is 7.92. The average molecular weight is 426 g/mol. The predicted molar refractivity (Wildman–Crippen MR) is 119 cm³/mol. The van der Waals surface area contributed by atoms with E-state index in [1.54, 1.807) is 0 Å². The van der Waals surface area contributed by atoms with Crippen LogP contribution < -0.4 is 11.1 Å². The van der Waals surface area contributed by atoms with Gasteiger partial charge in [-0.15, -0.1) is 0 Å². The van der Waals surface area contributed by atoms with E-state index in [1.807, 2.05) is 74.5 Å². The first-order valence-corrected chi connectivity index (χ1v) is 10.4. The van der Waals surface area contributed by atoms with E-state index in [-0.39, 0.29) is 25.3 Å². The molecule has 0 saturated heterocycles. The first kappa shape index (κ1) is 24.1. The normalized spacial score (nSPS) is 12.8. The minimum atomic E-state index is -1.15. The number of carbonyl (C=O) groups excluding carboxylic acids is 2. The van der Waals surface area contributed by atoms with Gasteiger partial charge in [-0.2, -0.15) is 0 Å². The highest BCUT2D eigenvalue weighted by atomic mass is 16.4. The van der Waals surface area contributed by atoms with Crippen molar-refractivity contribution in [2.24, 2.45) is 11.7 Å². The highest BCUT2D eigenvalue weighted by Crippen LogP contribution is 2.15. The van der Waals surface area contributed by atoms with E-state index in [0.29, 0.717) is 6.54 Å². The van der Waals surface area contributed by atoms with Crippen molar-refractivity contribution in [3.05, 3.63) is 71.8 Å². The summed E-state index contributed by atoms with van der Waals surface area (Å²) in [5.74, 6) is -2.11. The van der Waals surface area contributed by atoms with Gasteiger partial charge in [0.25, 0.3) is 0 Å². The molecule has 0 heterocycles. The van der Waals surface area contributed by atoms with Crippen molar-refractivity contribution in [1.82, 2.24) is 10.2 Å². The molecular formula is C24H31N3O4. The minimum Gasteiger partial charge on any atom is -0.480 e. The number of nitrogens with one attached hydrogen (secondary N) is 1. The number of nitrogens with two attached hydrogens (primary N) is 1. The molecule has 7 nitrogen and oxygen atoms in total. The van der Waals surface area contributed by atoms with Gasteiger partial charge < -0.3 is 21.1 Å². The molecule has 0 bridgehead atoms.